The van der Waals surface area contributed by atoms with Crippen LogP contribution in [0.5, 0.6) is 5.75 Å². The van der Waals surface area contributed by atoms with Crippen LogP contribution in [0, 0.1) is 0 Å². The molecule has 110 valence electrons. The average molecular weight is 292 g/mol. The first kappa shape index (κ1) is 14.1. The van der Waals surface area contributed by atoms with Crippen LogP contribution < -0.4 is 10.1 Å². The Morgan fingerprint density at radius 2 is 1.91 bits per heavy atom. The van der Waals surface area contributed by atoms with Gasteiger partial charge in [0.05, 0.1) is 12.6 Å². The molecule has 1 heterocycles. The Morgan fingerprint density at radius 1 is 1.09 bits per heavy atom. The predicted molar refractivity (Wildman–Crippen MR) is 88.0 cm³/mol. The van der Waals surface area contributed by atoms with Gasteiger partial charge in [-0.2, -0.15) is 0 Å². The molecule has 0 fully saturated rings. The van der Waals surface area contributed by atoms with Crippen molar-refractivity contribution >= 4 is 28.1 Å². The number of methoxy groups -OCH3 is 1. The van der Waals surface area contributed by atoms with Gasteiger partial charge in [-0.1, -0.05) is 12.1 Å². The third-order valence-electron chi connectivity index (χ3n) is 3.53. The van der Waals surface area contributed by atoms with Crippen LogP contribution in [-0.4, -0.2) is 17.9 Å². The van der Waals surface area contributed by atoms with Gasteiger partial charge < -0.3 is 10.1 Å². The van der Waals surface area contributed by atoms with Crippen molar-refractivity contribution in [3.63, 3.8) is 0 Å². The maximum atomic E-state index is 11.7. The molecule has 0 saturated heterocycles. The fourth-order valence-corrected chi connectivity index (χ4v) is 2.41. The number of hydrogen-bond acceptors (Lipinski definition) is 4. The Bertz CT molecular complexity index is 843. The summed E-state index contributed by atoms with van der Waals surface area (Å²) in [6, 6.07) is 15.1. The zero-order chi connectivity index (χ0) is 15.5. The molecule has 22 heavy (non-hydrogen) atoms. The van der Waals surface area contributed by atoms with Gasteiger partial charge in [0, 0.05) is 34.6 Å². The highest BCUT2D eigenvalue weighted by atomic mass is 16.5. The molecule has 0 atom stereocenters. The summed E-state index contributed by atoms with van der Waals surface area (Å²) in [6.07, 6.45) is 1.74. The number of anilines is 2. The van der Waals surface area contributed by atoms with Crippen LogP contribution in [0.3, 0.4) is 0 Å². The van der Waals surface area contributed by atoms with Crippen molar-refractivity contribution in [1.82, 2.24) is 4.98 Å². The maximum Gasteiger partial charge on any atom is 0.161 e. The first-order valence-corrected chi connectivity index (χ1v) is 6.99. The van der Waals surface area contributed by atoms with Crippen LogP contribution in [0.1, 0.15) is 17.3 Å². The van der Waals surface area contributed by atoms with Crippen molar-refractivity contribution in [3.8, 4) is 5.75 Å². The number of aromatic nitrogens is 1. The van der Waals surface area contributed by atoms with Crippen molar-refractivity contribution in [2.75, 3.05) is 12.4 Å². The van der Waals surface area contributed by atoms with Gasteiger partial charge in [-0.25, -0.2) is 0 Å². The predicted octanol–water partition coefficient (Wildman–Crippen LogP) is 4.19. The van der Waals surface area contributed by atoms with Crippen molar-refractivity contribution in [2.24, 2.45) is 0 Å². The number of fused-ring (bicyclic) bond motifs is 1. The van der Waals surface area contributed by atoms with E-state index in [1.54, 1.807) is 20.2 Å². The highest BCUT2D eigenvalue weighted by molar-refractivity contribution is 6.02. The molecule has 1 N–H and O–H groups in total. The van der Waals surface area contributed by atoms with Crippen LogP contribution in [0.25, 0.3) is 10.9 Å². The van der Waals surface area contributed by atoms with E-state index in [1.165, 1.54) is 0 Å². The zero-order valence-electron chi connectivity index (χ0n) is 12.5. The largest absolute Gasteiger partial charge is 0.497 e. The smallest absolute Gasteiger partial charge is 0.161 e. The van der Waals surface area contributed by atoms with E-state index < -0.39 is 0 Å². The lowest BCUT2D eigenvalue weighted by molar-refractivity contribution is 0.101. The van der Waals surface area contributed by atoms with Gasteiger partial charge in [-0.3, -0.25) is 9.78 Å². The molecule has 1 aromatic heterocycles. The molecule has 2 aromatic carbocycles. The Morgan fingerprint density at radius 3 is 2.68 bits per heavy atom. The van der Waals surface area contributed by atoms with Crippen molar-refractivity contribution in [2.45, 2.75) is 6.92 Å². The first-order valence-electron chi connectivity index (χ1n) is 6.99. The molecule has 0 aliphatic rings. The van der Waals surface area contributed by atoms with E-state index in [0.717, 1.165) is 28.0 Å². The van der Waals surface area contributed by atoms with Gasteiger partial charge in [0.2, 0.25) is 0 Å². The van der Waals surface area contributed by atoms with E-state index in [-0.39, 0.29) is 5.78 Å². The number of para-hydroxylation sites is 1. The lowest BCUT2D eigenvalue weighted by Gasteiger charge is -2.12. The summed E-state index contributed by atoms with van der Waals surface area (Å²) in [5.74, 6) is 0.796. The molecule has 3 rings (SSSR count). The molecule has 3 aromatic rings. The van der Waals surface area contributed by atoms with E-state index in [1.807, 2.05) is 48.5 Å². The van der Waals surface area contributed by atoms with Crippen molar-refractivity contribution in [3.05, 3.63) is 60.3 Å². The fraction of sp³-hybridized carbons (Fsp3) is 0.111. The molecule has 0 unspecified atom stereocenters. The fourth-order valence-electron chi connectivity index (χ4n) is 2.41. The number of benzene rings is 2. The van der Waals surface area contributed by atoms with Gasteiger partial charge >= 0.3 is 0 Å². The molecule has 0 radical (unpaired) electrons. The second-order valence-electron chi connectivity index (χ2n) is 4.97. The summed E-state index contributed by atoms with van der Waals surface area (Å²) < 4.78 is 5.23. The molecule has 4 nitrogen and oxygen atoms in total. The molecular formula is C18H16N2O2. The summed E-state index contributed by atoms with van der Waals surface area (Å²) in [7, 11) is 1.63. The Labute approximate surface area is 128 Å². The molecule has 0 spiro atoms. The molecule has 0 saturated carbocycles. The molecular weight excluding hydrogens is 276 g/mol. The van der Waals surface area contributed by atoms with E-state index >= 15 is 0 Å². The summed E-state index contributed by atoms with van der Waals surface area (Å²) in [6.45, 7) is 1.57. The lowest BCUT2D eigenvalue weighted by Crippen LogP contribution is -2.00. The van der Waals surface area contributed by atoms with Crippen LogP contribution >= 0.6 is 0 Å². The van der Waals surface area contributed by atoms with Gasteiger partial charge in [0.15, 0.2) is 5.78 Å². The minimum atomic E-state index is 0.0307. The third kappa shape index (κ3) is 2.63. The quantitative estimate of drug-likeness (QED) is 0.733. The highest BCUT2D eigenvalue weighted by Gasteiger charge is 2.09. The number of pyridine rings is 1. The topological polar surface area (TPSA) is 51.2 Å². The lowest BCUT2D eigenvalue weighted by atomic mass is 10.1. The maximum absolute atomic E-state index is 11.7. The number of nitrogens with zero attached hydrogens (tertiary/aromatic N) is 1. The van der Waals surface area contributed by atoms with Gasteiger partial charge in [0.25, 0.3) is 0 Å². The molecule has 0 bridgehead atoms. The zero-order valence-corrected chi connectivity index (χ0v) is 12.5. The summed E-state index contributed by atoms with van der Waals surface area (Å²) in [5.41, 5.74) is 3.20. The van der Waals surface area contributed by atoms with E-state index in [2.05, 4.69) is 10.3 Å². The van der Waals surface area contributed by atoms with Crippen molar-refractivity contribution < 1.29 is 9.53 Å². The monoisotopic (exact) mass is 292 g/mol. The minimum Gasteiger partial charge on any atom is -0.497 e. The van der Waals surface area contributed by atoms with Gasteiger partial charge in [-0.15, -0.1) is 0 Å². The molecule has 0 amide bonds. The van der Waals surface area contributed by atoms with Crippen LogP contribution in [0.2, 0.25) is 0 Å². The number of Topliss-reactive ketones (excluding diaryl/α,β-unsaturated/α-hetero) is 1. The van der Waals surface area contributed by atoms with Crippen LogP contribution in [0.15, 0.2) is 54.7 Å². The SMILES string of the molecule is COc1ccc2c(Nc3ccccc3C(C)=O)ccnc2c1. The Balaban J connectivity index is 2.06. The van der Waals surface area contributed by atoms with Crippen LogP contribution in [0.4, 0.5) is 11.4 Å². The minimum absolute atomic E-state index is 0.0307. The molecule has 0 aliphatic heterocycles. The van der Waals surface area contributed by atoms with Gasteiger partial charge in [-0.05, 0) is 37.3 Å². The number of nitrogens with one attached hydrogen (secondary N) is 1. The number of hydrogen-bond donors (Lipinski definition) is 1. The summed E-state index contributed by atoms with van der Waals surface area (Å²) in [5, 5.41) is 4.31. The number of ether oxygens (including phenoxy) is 1. The van der Waals surface area contributed by atoms with E-state index in [0.29, 0.717) is 5.56 Å². The normalized spacial score (nSPS) is 10.5. The van der Waals surface area contributed by atoms with Crippen LogP contribution in [-0.2, 0) is 0 Å². The Hall–Kier alpha value is -2.88. The number of rotatable bonds is 4. The number of carbonyl (C=O) groups excluding carboxylic acids is 1. The van der Waals surface area contributed by atoms with E-state index in [9.17, 15) is 4.79 Å². The second-order valence-corrected chi connectivity index (χ2v) is 4.97. The molecule has 4 heteroatoms. The van der Waals surface area contributed by atoms with Gasteiger partial charge in [0.1, 0.15) is 5.75 Å². The summed E-state index contributed by atoms with van der Waals surface area (Å²) in [4.78, 5) is 16.1. The first-order chi connectivity index (χ1) is 10.7. The molecule has 0 aliphatic carbocycles. The summed E-state index contributed by atoms with van der Waals surface area (Å²) >= 11 is 0. The standard InChI is InChI=1S/C18H16N2O2/c1-12(21)14-5-3-4-6-16(14)20-17-9-10-19-18-11-13(22-2)7-8-15(17)18/h3-11H,1-2H3,(H,19,20). The van der Waals surface area contributed by atoms with E-state index in [4.69, 9.17) is 4.74 Å². The number of carbonyl (C=O) groups is 1. The highest BCUT2D eigenvalue weighted by Crippen LogP contribution is 2.29. The van der Waals surface area contributed by atoms with Crippen molar-refractivity contribution in [1.29, 1.82) is 0 Å². The Kier molecular flexibility index (Phi) is 3.74. The third-order valence-corrected chi connectivity index (χ3v) is 3.53. The average Bonchev–Trinajstić information content (AvgIpc) is 2.55. The second kappa shape index (κ2) is 5.85. The number of ketones is 1.